The molecule has 0 spiro atoms. The van der Waals surface area contributed by atoms with Gasteiger partial charge in [0, 0.05) is 6.07 Å². The maximum absolute atomic E-state index is 5.72. The summed E-state index contributed by atoms with van der Waals surface area (Å²) in [7, 11) is 0. The number of para-hydroxylation sites is 2. The summed E-state index contributed by atoms with van der Waals surface area (Å²) in [5.74, 6) is 3.05. The van der Waals surface area contributed by atoms with Crippen molar-refractivity contribution in [3.05, 3.63) is 84.9 Å². The molecular weight excluding hydrogens is 248 g/mol. The van der Waals surface area contributed by atoms with E-state index in [2.05, 4.69) is 6.07 Å². The van der Waals surface area contributed by atoms with E-state index in [4.69, 9.17) is 9.47 Å². The fraction of sp³-hybridized carbons (Fsp3) is 0. The minimum atomic E-state index is 0.698. The molecule has 0 aliphatic carbocycles. The first-order chi connectivity index (χ1) is 9.90. The minimum Gasteiger partial charge on any atom is -0.457 e. The van der Waals surface area contributed by atoms with Gasteiger partial charge < -0.3 is 9.47 Å². The Kier molecular flexibility index (Phi) is 3.65. The maximum Gasteiger partial charge on any atom is 0.135 e. The smallest absolute Gasteiger partial charge is 0.135 e. The minimum absolute atomic E-state index is 0.698. The fourth-order valence-corrected chi connectivity index (χ4v) is 1.77. The van der Waals surface area contributed by atoms with Crippen LogP contribution in [-0.2, 0) is 0 Å². The maximum atomic E-state index is 5.72. The Morgan fingerprint density at radius 3 is 1.80 bits per heavy atom. The Labute approximate surface area is 118 Å². The molecule has 0 bridgehead atoms. The van der Waals surface area contributed by atoms with Gasteiger partial charge in [0.2, 0.25) is 0 Å². The zero-order chi connectivity index (χ0) is 13.6. The van der Waals surface area contributed by atoms with E-state index in [1.807, 2.05) is 78.9 Å². The zero-order valence-electron chi connectivity index (χ0n) is 10.8. The molecule has 0 atom stereocenters. The summed E-state index contributed by atoms with van der Waals surface area (Å²) in [4.78, 5) is 0. The van der Waals surface area contributed by atoms with Crippen LogP contribution in [0.4, 0.5) is 0 Å². The third-order valence-electron chi connectivity index (χ3n) is 2.71. The summed E-state index contributed by atoms with van der Waals surface area (Å²) in [5, 5.41) is 0. The average molecular weight is 261 g/mol. The van der Waals surface area contributed by atoms with Crippen LogP contribution < -0.4 is 9.47 Å². The molecule has 0 unspecified atom stereocenters. The van der Waals surface area contributed by atoms with E-state index >= 15 is 0 Å². The second-order valence-corrected chi connectivity index (χ2v) is 4.22. The highest BCUT2D eigenvalue weighted by Gasteiger charge is 1.99. The number of benzene rings is 3. The molecule has 0 heterocycles. The summed E-state index contributed by atoms with van der Waals surface area (Å²) >= 11 is 0. The summed E-state index contributed by atoms with van der Waals surface area (Å²) in [6.07, 6.45) is 0. The van der Waals surface area contributed by atoms with Crippen molar-refractivity contribution in [2.24, 2.45) is 0 Å². The van der Waals surface area contributed by atoms with Crippen molar-refractivity contribution in [3.63, 3.8) is 0 Å². The van der Waals surface area contributed by atoms with Gasteiger partial charge in [-0.25, -0.2) is 0 Å². The second kappa shape index (κ2) is 5.93. The van der Waals surface area contributed by atoms with Crippen LogP contribution in [0.15, 0.2) is 78.9 Å². The van der Waals surface area contributed by atoms with Crippen LogP contribution in [0.5, 0.6) is 23.0 Å². The first-order valence-corrected chi connectivity index (χ1v) is 6.38. The van der Waals surface area contributed by atoms with Crippen molar-refractivity contribution in [2.75, 3.05) is 0 Å². The first kappa shape index (κ1) is 12.3. The van der Waals surface area contributed by atoms with Gasteiger partial charge in [-0.3, -0.25) is 0 Å². The molecule has 0 saturated carbocycles. The Morgan fingerprint density at radius 1 is 0.550 bits per heavy atom. The monoisotopic (exact) mass is 261 g/mol. The van der Waals surface area contributed by atoms with Gasteiger partial charge in [-0.2, -0.15) is 0 Å². The topological polar surface area (TPSA) is 18.5 Å². The Morgan fingerprint density at radius 2 is 1.15 bits per heavy atom. The zero-order valence-corrected chi connectivity index (χ0v) is 10.8. The molecule has 0 fully saturated rings. The SMILES string of the molecule is [c]1ccccc1Oc1ccc(Oc2ccccc2)cc1. The predicted molar refractivity (Wildman–Crippen MR) is 78.3 cm³/mol. The van der Waals surface area contributed by atoms with Crippen molar-refractivity contribution < 1.29 is 9.47 Å². The highest BCUT2D eigenvalue weighted by molar-refractivity contribution is 5.37. The van der Waals surface area contributed by atoms with Gasteiger partial charge in [0.1, 0.15) is 23.0 Å². The van der Waals surface area contributed by atoms with E-state index in [1.54, 1.807) is 0 Å². The van der Waals surface area contributed by atoms with Gasteiger partial charge in [0.15, 0.2) is 0 Å². The molecule has 97 valence electrons. The molecule has 3 aromatic rings. The van der Waals surface area contributed by atoms with Crippen molar-refractivity contribution in [3.8, 4) is 23.0 Å². The van der Waals surface area contributed by atoms with Crippen LogP contribution in [0.2, 0.25) is 0 Å². The highest BCUT2D eigenvalue weighted by Crippen LogP contribution is 2.26. The molecule has 3 aromatic carbocycles. The number of hydrogen-bond donors (Lipinski definition) is 0. The first-order valence-electron chi connectivity index (χ1n) is 6.38. The lowest BCUT2D eigenvalue weighted by Crippen LogP contribution is -1.86. The second-order valence-electron chi connectivity index (χ2n) is 4.22. The van der Waals surface area contributed by atoms with Gasteiger partial charge in [-0.05, 0) is 42.5 Å². The normalized spacial score (nSPS) is 10.0. The fourth-order valence-electron chi connectivity index (χ4n) is 1.77. The van der Waals surface area contributed by atoms with Crippen molar-refractivity contribution in [1.29, 1.82) is 0 Å². The van der Waals surface area contributed by atoms with Crippen LogP contribution >= 0.6 is 0 Å². The van der Waals surface area contributed by atoms with Gasteiger partial charge >= 0.3 is 0 Å². The third kappa shape index (κ3) is 3.18. The highest BCUT2D eigenvalue weighted by atomic mass is 16.5. The molecule has 0 amide bonds. The Bertz CT molecular complexity index is 586. The summed E-state index contributed by atoms with van der Waals surface area (Å²) in [5.41, 5.74) is 0. The lowest BCUT2D eigenvalue weighted by atomic mass is 10.3. The van der Waals surface area contributed by atoms with Crippen molar-refractivity contribution >= 4 is 0 Å². The molecule has 20 heavy (non-hydrogen) atoms. The van der Waals surface area contributed by atoms with E-state index in [1.165, 1.54) is 0 Å². The van der Waals surface area contributed by atoms with E-state index < -0.39 is 0 Å². The predicted octanol–water partition coefficient (Wildman–Crippen LogP) is 5.07. The quantitative estimate of drug-likeness (QED) is 0.652. The van der Waals surface area contributed by atoms with E-state index in [0.29, 0.717) is 5.75 Å². The Hall–Kier alpha value is -2.74. The number of hydrogen-bond acceptors (Lipinski definition) is 2. The van der Waals surface area contributed by atoms with Gasteiger partial charge in [0.05, 0.1) is 0 Å². The third-order valence-corrected chi connectivity index (χ3v) is 2.71. The van der Waals surface area contributed by atoms with Crippen LogP contribution in [0.3, 0.4) is 0 Å². The van der Waals surface area contributed by atoms with Crippen molar-refractivity contribution in [2.45, 2.75) is 0 Å². The molecule has 0 aliphatic heterocycles. The van der Waals surface area contributed by atoms with E-state index in [0.717, 1.165) is 17.2 Å². The Balaban J connectivity index is 1.69. The lowest BCUT2D eigenvalue weighted by Gasteiger charge is -2.07. The summed E-state index contributed by atoms with van der Waals surface area (Å²) in [6.45, 7) is 0. The van der Waals surface area contributed by atoms with Crippen LogP contribution in [0.1, 0.15) is 0 Å². The van der Waals surface area contributed by atoms with Crippen LogP contribution in [0.25, 0.3) is 0 Å². The standard InChI is InChI=1S/C18H13O2/c1-3-7-15(8-4-1)19-17-11-13-18(14-12-17)20-16-9-5-2-6-10-16/h1-9,11-14H. The molecule has 2 heteroatoms. The molecule has 0 aromatic heterocycles. The molecule has 0 aliphatic rings. The van der Waals surface area contributed by atoms with Gasteiger partial charge in [-0.1, -0.05) is 36.4 Å². The van der Waals surface area contributed by atoms with E-state index in [9.17, 15) is 0 Å². The lowest BCUT2D eigenvalue weighted by molar-refractivity contribution is 0.469. The summed E-state index contributed by atoms with van der Waals surface area (Å²) < 4.78 is 11.4. The van der Waals surface area contributed by atoms with Gasteiger partial charge in [-0.15, -0.1) is 0 Å². The van der Waals surface area contributed by atoms with Crippen LogP contribution in [-0.4, -0.2) is 0 Å². The van der Waals surface area contributed by atoms with Crippen molar-refractivity contribution in [1.82, 2.24) is 0 Å². The van der Waals surface area contributed by atoms with Crippen LogP contribution in [0, 0.1) is 6.07 Å². The summed E-state index contributed by atoms with van der Waals surface area (Å²) in [6, 6.07) is 27.7. The average Bonchev–Trinajstić information content (AvgIpc) is 2.51. The number of ether oxygens (including phenoxy) is 2. The largest absolute Gasteiger partial charge is 0.457 e. The molecular formula is C18H13O2. The molecule has 1 radical (unpaired) electrons. The molecule has 3 rings (SSSR count). The molecule has 0 N–H and O–H groups in total. The van der Waals surface area contributed by atoms with Gasteiger partial charge in [0.25, 0.3) is 0 Å². The van der Waals surface area contributed by atoms with E-state index in [-0.39, 0.29) is 0 Å². The number of rotatable bonds is 4. The molecule has 2 nitrogen and oxygen atoms in total. The molecule has 0 saturated heterocycles.